The summed E-state index contributed by atoms with van der Waals surface area (Å²) in [6.07, 6.45) is -11.1. The molecule has 1 aromatic rings. The molecule has 0 amide bonds. The number of aliphatic hydroxyl groups is 1. The highest BCUT2D eigenvalue weighted by Gasteiger charge is 2.87. The van der Waals surface area contributed by atoms with E-state index in [0.29, 0.717) is 5.56 Å². The van der Waals surface area contributed by atoms with Gasteiger partial charge in [-0.3, -0.25) is 0 Å². The highest BCUT2D eigenvalue weighted by molar-refractivity contribution is 5.15. The number of benzene rings is 1. The van der Waals surface area contributed by atoms with Crippen LogP contribution >= 0.6 is 0 Å². The van der Waals surface area contributed by atoms with Crippen molar-refractivity contribution in [2.45, 2.75) is 68.1 Å². The number of alkyl halides is 11. The lowest BCUT2D eigenvalue weighted by atomic mass is 9.83. The third-order valence-corrected chi connectivity index (χ3v) is 4.54. The van der Waals surface area contributed by atoms with Crippen molar-refractivity contribution in [3.63, 3.8) is 0 Å². The Morgan fingerprint density at radius 3 is 1.62 bits per heavy atom. The van der Waals surface area contributed by atoms with Gasteiger partial charge in [0.25, 0.3) is 0 Å². The van der Waals surface area contributed by atoms with E-state index >= 15 is 0 Å². The molecule has 1 unspecified atom stereocenters. The van der Waals surface area contributed by atoms with E-state index in [1.165, 1.54) is 24.3 Å². The zero-order valence-corrected chi connectivity index (χ0v) is 14.8. The molecule has 0 aliphatic heterocycles. The van der Waals surface area contributed by atoms with Crippen molar-refractivity contribution in [1.29, 1.82) is 0 Å². The van der Waals surface area contributed by atoms with Gasteiger partial charge in [0.15, 0.2) is 0 Å². The fourth-order valence-corrected chi connectivity index (χ4v) is 2.54. The summed E-state index contributed by atoms with van der Waals surface area (Å²) in [5.74, 6) is -28.1. The second-order valence-corrected chi connectivity index (χ2v) is 6.67. The van der Waals surface area contributed by atoms with Crippen LogP contribution in [0.4, 0.5) is 48.3 Å². The lowest BCUT2D eigenvalue weighted by Gasteiger charge is -2.40. The summed E-state index contributed by atoms with van der Waals surface area (Å²) in [5, 5.41) is 10.1. The van der Waals surface area contributed by atoms with Gasteiger partial charge in [0.05, 0.1) is 5.60 Å². The Morgan fingerprint density at radius 2 is 1.21 bits per heavy atom. The number of hydrogen-bond acceptors (Lipinski definition) is 1. The van der Waals surface area contributed by atoms with E-state index < -0.39 is 54.7 Å². The molecule has 0 bridgehead atoms. The number of aryl methyl sites for hydroxylation is 1. The molecule has 0 radical (unpaired) electrons. The average Bonchev–Trinajstić information content (AvgIpc) is 2.59. The fraction of sp³-hybridized carbons (Fsp3) is 0.647. The van der Waals surface area contributed by atoms with Crippen LogP contribution in [0.25, 0.3) is 0 Å². The van der Waals surface area contributed by atoms with E-state index in [9.17, 15) is 53.4 Å². The van der Waals surface area contributed by atoms with Crippen molar-refractivity contribution in [2.24, 2.45) is 0 Å². The topological polar surface area (TPSA) is 20.2 Å². The van der Waals surface area contributed by atoms with Crippen molar-refractivity contribution < 1.29 is 53.4 Å². The Labute approximate surface area is 158 Å². The van der Waals surface area contributed by atoms with E-state index in [1.54, 1.807) is 6.07 Å². The van der Waals surface area contributed by atoms with Crippen molar-refractivity contribution in [2.75, 3.05) is 0 Å². The number of rotatable bonds is 9. The first-order valence-electron chi connectivity index (χ1n) is 8.19. The summed E-state index contributed by atoms with van der Waals surface area (Å²) in [5.41, 5.74) is -2.27. The van der Waals surface area contributed by atoms with Crippen LogP contribution in [0.5, 0.6) is 0 Å². The Kier molecular flexibility index (Phi) is 6.95. The van der Waals surface area contributed by atoms with Crippen LogP contribution in [-0.2, 0) is 6.42 Å². The molecule has 1 rings (SSSR count). The molecule has 0 aliphatic carbocycles. The molecule has 168 valence electrons. The first-order chi connectivity index (χ1) is 12.8. The van der Waals surface area contributed by atoms with Gasteiger partial charge in [-0.2, -0.15) is 48.3 Å². The van der Waals surface area contributed by atoms with Gasteiger partial charge in [0.2, 0.25) is 0 Å². The maximum Gasteiger partial charge on any atom is 0.460 e. The van der Waals surface area contributed by atoms with Gasteiger partial charge in [-0.25, -0.2) is 0 Å². The van der Waals surface area contributed by atoms with E-state index in [0.717, 1.165) is 6.92 Å². The van der Waals surface area contributed by atoms with Crippen LogP contribution in [0.1, 0.15) is 31.7 Å². The van der Waals surface area contributed by atoms with Gasteiger partial charge < -0.3 is 5.11 Å². The molecule has 0 fully saturated rings. The second kappa shape index (κ2) is 7.92. The summed E-state index contributed by atoms with van der Waals surface area (Å²) < 4.78 is 144. The first kappa shape index (κ1) is 25.4. The maximum atomic E-state index is 13.9. The number of hydrogen-bond donors (Lipinski definition) is 1. The molecular weight excluding hydrogens is 429 g/mol. The van der Waals surface area contributed by atoms with Crippen molar-refractivity contribution in [1.82, 2.24) is 0 Å². The Balaban J connectivity index is 3.16. The lowest BCUT2D eigenvalue weighted by molar-refractivity contribution is -0.424. The SMILES string of the molecule is CCC(O)(CCc1ccccc1)CC(F)(F)C(F)(F)C(F)(F)C(F)(F)C(F)(F)F. The van der Waals surface area contributed by atoms with Crippen molar-refractivity contribution in [3.05, 3.63) is 35.9 Å². The minimum absolute atomic E-state index is 0.165. The molecule has 0 heterocycles. The highest BCUT2D eigenvalue weighted by Crippen LogP contribution is 2.58. The molecule has 12 heteroatoms. The van der Waals surface area contributed by atoms with Gasteiger partial charge in [-0.15, -0.1) is 0 Å². The van der Waals surface area contributed by atoms with Gasteiger partial charge in [0, 0.05) is 6.42 Å². The van der Waals surface area contributed by atoms with E-state index in [1.807, 2.05) is 0 Å². The summed E-state index contributed by atoms with van der Waals surface area (Å²) in [6, 6.07) is 7.63. The Bertz CT molecular complexity index is 670. The molecule has 1 aromatic carbocycles. The third kappa shape index (κ3) is 4.77. The van der Waals surface area contributed by atoms with Gasteiger partial charge in [-0.1, -0.05) is 37.3 Å². The molecular formula is C17H17F11O. The normalized spacial score (nSPS) is 16.6. The Morgan fingerprint density at radius 1 is 0.724 bits per heavy atom. The fourth-order valence-electron chi connectivity index (χ4n) is 2.54. The predicted octanol–water partition coefficient (Wildman–Crippen LogP) is 6.25. The van der Waals surface area contributed by atoms with E-state index in [4.69, 9.17) is 0 Å². The summed E-state index contributed by atoms with van der Waals surface area (Å²) >= 11 is 0. The Hall–Kier alpha value is -1.59. The number of halogens is 11. The second-order valence-electron chi connectivity index (χ2n) is 6.67. The summed E-state index contributed by atoms with van der Waals surface area (Å²) in [7, 11) is 0. The van der Waals surface area contributed by atoms with Crippen LogP contribution in [0.2, 0.25) is 0 Å². The third-order valence-electron chi connectivity index (χ3n) is 4.54. The molecule has 1 nitrogen and oxygen atoms in total. The smallest absolute Gasteiger partial charge is 0.390 e. The monoisotopic (exact) mass is 446 g/mol. The van der Waals surface area contributed by atoms with Crippen LogP contribution in [0.15, 0.2) is 30.3 Å². The zero-order chi connectivity index (χ0) is 22.9. The molecule has 1 N–H and O–H groups in total. The van der Waals surface area contributed by atoms with Crippen LogP contribution < -0.4 is 0 Å². The predicted molar refractivity (Wildman–Crippen MR) is 80.5 cm³/mol. The van der Waals surface area contributed by atoms with Gasteiger partial charge in [-0.05, 0) is 24.8 Å². The minimum atomic E-state index is -7.46. The summed E-state index contributed by atoms with van der Waals surface area (Å²) in [4.78, 5) is 0. The van der Waals surface area contributed by atoms with Crippen molar-refractivity contribution in [3.8, 4) is 0 Å². The molecule has 29 heavy (non-hydrogen) atoms. The quantitative estimate of drug-likeness (QED) is 0.445. The molecule has 0 spiro atoms. The molecule has 0 saturated heterocycles. The zero-order valence-electron chi connectivity index (χ0n) is 14.8. The molecule has 0 saturated carbocycles. The van der Waals surface area contributed by atoms with Crippen LogP contribution in [0, 0.1) is 0 Å². The summed E-state index contributed by atoms with van der Waals surface area (Å²) in [6.45, 7) is 1.04. The van der Waals surface area contributed by atoms with Crippen LogP contribution in [-0.4, -0.2) is 40.6 Å². The largest absolute Gasteiger partial charge is 0.460 e. The molecule has 0 aliphatic rings. The van der Waals surface area contributed by atoms with Crippen LogP contribution in [0.3, 0.4) is 0 Å². The molecule has 1 atom stereocenters. The highest BCUT2D eigenvalue weighted by atomic mass is 19.4. The first-order valence-corrected chi connectivity index (χ1v) is 8.19. The van der Waals surface area contributed by atoms with Gasteiger partial charge >= 0.3 is 29.9 Å². The maximum absolute atomic E-state index is 13.9. The van der Waals surface area contributed by atoms with E-state index in [2.05, 4.69) is 0 Å². The average molecular weight is 446 g/mol. The minimum Gasteiger partial charge on any atom is -0.390 e. The van der Waals surface area contributed by atoms with Crippen molar-refractivity contribution >= 4 is 0 Å². The standard InChI is InChI=1S/C17H17F11O/c1-2-12(29,9-8-11-6-4-3-5-7-11)10-13(18,19)14(20,21)15(22,23)16(24,25)17(26,27)28/h3-7,29H,2,8-10H2,1H3. The lowest BCUT2D eigenvalue weighted by Crippen LogP contribution is -2.67. The van der Waals surface area contributed by atoms with E-state index in [-0.39, 0.29) is 6.42 Å². The van der Waals surface area contributed by atoms with Gasteiger partial charge in [0.1, 0.15) is 0 Å². The molecule has 0 aromatic heterocycles.